The summed E-state index contributed by atoms with van der Waals surface area (Å²) in [6, 6.07) is 12.0. The highest BCUT2D eigenvalue weighted by atomic mass is 15.2. The van der Waals surface area contributed by atoms with Gasteiger partial charge in [-0.3, -0.25) is 15.8 Å². The summed E-state index contributed by atoms with van der Waals surface area (Å²) in [4.78, 5) is 8.30. The van der Waals surface area contributed by atoms with Crippen LogP contribution in [-0.2, 0) is 0 Å². The van der Waals surface area contributed by atoms with Crippen molar-refractivity contribution < 1.29 is 0 Å². The number of hydrogen-bond donors (Lipinski definition) is 2. The number of fused-ring (bicyclic) bond motifs is 1. The van der Waals surface area contributed by atoms with Crippen molar-refractivity contribution in [3.05, 3.63) is 72.3 Å². The molecule has 0 amide bonds. The first-order valence-electron chi connectivity index (χ1n) is 6.09. The molecule has 1 aromatic carbocycles. The summed E-state index contributed by atoms with van der Waals surface area (Å²) in [5.74, 6) is 5.73. The third-order valence-electron chi connectivity index (χ3n) is 3.21. The number of rotatable bonds is 3. The number of aromatic nitrogens is 2. The molecule has 0 spiro atoms. The highest BCUT2D eigenvalue weighted by molar-refractivity contribution is 5.85. The van der Waals surface area contributed by atoms with E-state index in [9.17, 15) is 0 Å². The van der Waals surface area contributed by atoms with Gasteiger partial charge in [0.15, 0.2) is 0 Å². The van der Waals surface area contributed by atoms with Gasteiger partial charge in [-0.05, 0) is 28.6 Å². The topological polar surface area (TPSA) is 63.8 Å². The van der Waals surface area contributed by atoms with E-state index in [-0.39, 0.29) is 6.04 Å². The molecule has 2 heterocycles. The molecule has 0 fully saturated rings. The average molecular weight is 250 g/mol. The van der Waals surface area contributed by atoms with E-state index in [1.165, 1.54) is 0 Å². The number of nitrogens with one attached hydrogen (secondary N) is 1. The number of benzene rings is 1. The Balaban J connectivity index is 2.17. The lowest BCUT2D eigenvalue weighted by molar-refractivity contribution is 0.638. The minimum absolute atomic E-state index is 0.0835. The quantitative estimate of drug-likeness (QED) is 0.552. The molecule has 94 valence electrons. The summed E-state index contributed by atoms with van der Waals surface area (Å²) in [7, 11) is 0. The summed E-state index contributed by atoms with van der Waals surface area (Å²) in [6.07, 6.45) is 7.23. The zero-order valence-electron chi connectivity index (χ0n) is 10.3. The molecule has 4 nitrogen and oxygen atoms in total. The molecular weight excluding hydrogens is 236 g/mol. The van der Waals surface area contributed by atoms with Crippen molar-refractivity contribution in [3.63, 3.8) is 0 Å². The number of hydrazine groups is 1. The molecule has 0 radical (unpaired) electrons. The van der Waals surface area contributed by atoms with E-state index in [0.717, 1.165) is 21.9 Å². The molecule has 0 aliphatic rings. The predicted molar refractivity (Wildman–Crippen MR) is 75.1 cm³/mol. The highest BCUT2D eigenvalue weighted by Crippen LogP contribution is 2.27. The predicted octanol–water partition coefficient (Wildman–Crippen LogP) is 2.18. The van der Waals surface area contributed by atoms with Gasteiger partial charge >= 0.3 is 0 Å². The SMILES string of the molecule is NNC(c1cccnc1)c1cccc2cnccc12. The van der Waals surface area contributed by atoms with Crippen molar-refractivity contribution in [1.29, 1.82) is 0 Å². The van der Waals surface area contributed by atoms with Crippen LogP contribution in [0.2, 0.25) is 0 Å². The van der Waals surface area contributed by atoms with Gasteiger partial charge in [0, 0.05) is 30.2 Å². The van der Waals surface area contributed by atoms with Crippen LogP contribution in [0.5, 0.6) is 0 Å². The van der Waals surface area contributed by atoms with Crippen LogP contribution in [0.4, 0.5) is 0 Å². The second-order valence-corrected chi connectivity index (χ2v) is 4.33. The molecule has 0 aliphatic carbocycles. The molecule has 1 atom stereocenters. The van der Waals surface area contributed by atoms with Crippen LogP contribution in [0.25, 0.3) is 10.8 Å². The molecular formula is C15H14N4. The smallest absolute Gasteiger partial charge is 0.0731 e. The van der Waals surface area contributed by atoms with Gasteiger partial charge in [-0.2, -0.15) is 0 Å². The van der Waals surface area contributed by atoms with Gasteiger partial charge in [0.05, 0.1) is 6.04 Å². The lowest BCUT2D eigenvalue weighted by Gasteiger charge is -2.18. The van der Waals surface area contributed by atoms with Gasteiger partial charge in [0.2, 0.25) is 0 Å². The van der Waals surface area contributed by atoms with Crippen molar-refractivity contribution in [2.24, 2.45) is 5.84 Å². The fraction of sp³-hybridized carbons (Fsp3) is 0.0667. The number of pyridine rings is 2. The van der Waals surface area contributed by atoms with E-state index in [0.29, 0.717) is 0 Å². The van der Waals surface area contributed by atoms with Crippen LogP contribution in [0, 0.1) is 0 Å². The van der Waals surface area contributed by atoms with Crippen LogP contribution >= 0.6 is 0 Å². The zero-order chi connectivity index (χ0) is 13.1. The van der Waals surface area contributed by atoms with E-state index >= 15 is 0 Å². The molecule has 2 aromatic heterocycles. The van der Waals surface area contributed by atoms with Crippen LogP contribution in [0.1, 0.15) is 17.2 Å². The van der Waals surface area contributed by atoms with E-state index in [4.69, 9.17) is 5.84 Å². The number of nitrogens with two attached hydrogens (primary N) is 1. The molecule has 3 rings (SSSR count). The van der Waals surface area contributed by atoms with Crippen molar-refractivity contribution >= 4 is 10.8 Å². The molecule has 0 aliphatic heterocycles. The Labute approximate surface area is 111 Å². The standard InChI is InChI=1S/C15H14N4/c16-19-15(12-4-2-7-17-10-12)14-5-1-3-11-9-18-8-6-13(11)14/h1-10,15,19H,16H2. The Morgan fingerprint density at radius 1 is 0.947 bits per heavy atom. The summed E-state index contributed by atoms with van der Waals surface area (Å²) in [5.41, 5.74) is 5.02. The Kier molecular flexibility index (Phi) is 3.18. The van der Waals surface area contributed by atoms with Crippen molar-refractivity contribution in [3.8, 4) is 0 Å². The molecule has 4 heteroatoms. The maximum absolute atomic E-state index is 5.73. The van der Waals surface area contributed by atoms with E-state index in [1.54, 1.807) is 12.4 Å². The van der Waals surface area contributed by atoms with Gasteiger partial charge in [0.1, 0.15) is 0 Å². The second-order valence-electron chi connectivity index (χ2n) is 4.33. The Bertz CT molecular complexity index is 677. The molecule has 0 bridgehead atoms. The average Bonchev–Trinajstić information content (AvgIpc) is 2.49. The first kappa shape index (κ1) is 11.8. The van der Waals surface area contributed by atoms with Crippen molar-refractivity contribution in [1.82, 2.24) is 15.4 Å². The van der Waals surface area contributed by atoms with E-state index in [1.807, 2.05) is 42.7 Å². The van der Waals surface area contributed by atoms with E-state index < -0.39 is 0 Å². The number of hydrogen-bond acceptors (Lipinski definition) is 4. The Morgan fingerprint density at radius 2 is 1.84 bits per heavy atom. The van der Waals surface area contributed by atoms with Crippen LogP contribution in [0.3, 0.4) is 0 Å². The third-order valence-corrected chi connectivity index (χ3v) is 3.21. The van der Waals surface area contributed by atoms with Crippen LogP contribution in [-0.4, -0.2) is 9.97 Å². The monoisotopic (exact) mass is 250 g/mol. The summed E-state index contributed by atoms with van der Waals surface area (Å²) < 4.78 is 0. The molecule has 0 saturated carbocycles. The van der Waals surface area contributed by atoms with Crippen LogP contribution in [0.15, 0.2) is 61.2 Å². The third kappa shape index (κ3) is 2.19. The molecule has 1 unspecified atom stereocenters. The Hall–Kier alpha value is -2.30. The van der Waals surface area contributed by atoms with Gasteiger partial charge in [0.25, 0.3) is 0 Å². The second kappa shape index (κ2) is 5.14. The molecule has 0 saturated heterocycles. The maximum Gasteiger partial charge on any atom is 0.0731 e. The van der Waals surface area contributed by atoms with Gasteiger partial charge in [-0.25, -0.2) is 5.43 Å². The largest absolute Gasteiger partial charge is 0.271 e. The minimum atomic E-state index is -0.0835. The first-order valence-corrected chi connectivity index (χ1v) is 6.09. The van der Waals surface area contributed by atoms with Crippen molar-refractivity contribution in [2.75, 3.05) is 0 Å². The summed E-state index contributed by atoms with van der Waals surface area (Å²) >= 11 is 0. The minimum Gasteiger partial charge on any atom is -0.271 e. The lowest BCUT2D eigenvalue weighted by Crippen LogP contribution is -2.29. The maximum atomic E-state index is 5.73. The fourth-order valence-electron chi connectivity index (χ4n) is 2.31. The zero-order valence-corrected chi connectivity index (χ0v) is 10.3. The highest BCUT2D eigenvalue weighted by Gasteiger charge is 2.14. The normalized spacial score (nSPS) is 12.5. The molecule has 3 N–H and O–H groups in total. The van der Waals surface area contributed by atoms with Gasteiger partial charge < -0.3 is 0 Å². The molecule has 3 aromatic rings. The Morgan fingerprint density at radius 3 is 2.63 bits per heavy atom. The van der Waals surface area contributed by atoms with Crippen molar-refractivity contribution in [2.45, 2.75) is 6.04 Å². The number of nitrogens with zero attached hydrogens (tertiary/aromatic N) is 2. The van der Waals surface area contributed by atoms with E-state index in [2.05, 4.69) is 21.5 Å². The van der Waals surface area contributed by atoms with Gasteiger partial charge in [-0.15, -0.1) is 0 Å². The molecule has 19 heavy (non-hydrogen) atoms. The van der Waals surface area contributed by atoms with Gasteiger partial charge in [-0.1, -0.05) is 24.3 Å². The first-order chi connectivity index (χ1) is 9.40. The summed E-state index contributed by atoms with van der Waals surface area (Å²) in [6.45, 7) is 0. The fourth-order valence-corrected chi connectivity index (χ4v) is 2.31. The van der Waals surface area contributed by atoms with Crippen LogP contribution < -0.4 is 11.3 Å². The summed E-state index contributed by atoms with van der Waals surface area (Å²) in [5, 5.41) is 2.24. The lowest BCUT2D eigenvalue weighted by atomic mass is 9.96.